The van der Waals surface area contributed by atoms with Crippen molar-refractivity contribution in [3.05, 3.63) is 60.4 Å². The van der Waals surface area contributed by atoms with Gasteiger partial charge in [0.05, 0.1) is 17.5 Å². The van der Waals surface area contributed by atoms with E-state index in [1.165, 1.54) is 18.5 Å². The maximum atomic E-state index is 12.1. The van der Waals surface area contributed by atoms with Crippen LogP contribution in [0.2, 0.25) is 0 Å². The van der Waals surface area contributed by atoms with Crippen molar-refractivity contribution in [3.63, 3.8) is 0 Å². The molecule has 0 unspecified atom stereocenters. The standard InChI is InChI=1S/C16H13F2N3O2/c17-16(18)23-12-7-5-11(6-8-12)9-15(22)20-21-10-19-13-3-1-2-4-14(13)21/h1-8,10,16H,9H2,(H,20,22). The minimum absolute atomic E-state index is 0.0600. The van der Waals surface area contributed by atoms with E-state index in [4.69, 9.17) is 0 Å². The number of amides is 1. The van der Waals surface area contributed by atoms with Crippen LogP contribution in [0.1, 0.15) is 5.56 Å². The first-order valence-electron chi connectivity index (χ1n) is 6.87. The molecule has 23 heavy (non-hydrogen) atoms. The minimum atomic E-state index is -2.86. The summed E-state index contributed by atoms with van der Waals surface area (Å²) >= 11 is 0. The van der Waals surface area contributed by atoms with Crippen molar-refractivity contribution < 1.29 is 18.3 Å². The molecule has 3 rings (SSSR count). The zero-order valence-electron chi connectivity index (χ0n) is 11.9. The molecule has 7 heteroatoms. The number of carbonyl (C=O) groups excluding carboxylic acids is 1. The van der Waals surface area contributed by atoms with E-state index in [1.54, 1.807) is 16.8 Å². The van der Waals surface area contributed by atoms with Gasteiger partial charge in [0.15, 0.2) is 0 Å². The predicted molar refractivity (Wildman–Crippen MR) is 80.9 cm³/mol. The number of carbonyl (C=O) groups is 1. The molecule has 0 fully saturated rings. The summed E-state index contributed by atoms with van der Waals surface area (Å²) in [5, 5.41) is 0. The van der Waals surface area contributed by atoms with E-state index < -0.39 is 6.61 Å². The Morgan fingerprint density at radius 3 is 2.65 bits per heavy atom. The largest absolute Gasteiger partial charge is 0.435 e. The topological polar surface area (TPSA) is 56.1 Å². The van der Waals surface area contributed by atoms with Crippen LogP contribution < -0.4 is 10.2 Å². The quantitative estimate of drug-likeness (QED) is 0.787. The van der Waals surface area contributed by atoms with Crippen LogP contribution in [0.4, 0.5) is 8.78 Å². The molecule has 0 bridgehead atoms. The zero-order chi connectivity index (χ0) is 16.2. The number of hydrogen-bond acceptors (Lipinski definition) is 3. The molecule has 1 amide bonds. The number of aromatic nitrogens is 2. The molecule has 3 aromatic rings. The number of fused-ring (bicyclic) bond motifs is 1. The average molecular weight is 317 g/mol. The van der Waals surface area contributed by atoms with Crippen molar-refractivity contribution in [2.24, 2.45) is 0 Å². The van der Waals surface area contributed by atoms with E-state index in [-0.39, 0.29) is 18.1 Å². The van der Waals surface area contributed by atoms with Crippen molar-refractivity contribution in [3.8, 4) is 5.75 Å². The minimum Gasteiger partial charge on any atom is -0.435 e. The van der Waals surface area contributed by atoms with Crippen molar-refractivity contribution in [2.75, 3.05) is 5.43 Å². The lowest BCUT2D eigenvalue weighted by Crippen LogP contribution is -2.23. The van der Waals surface area contributed by atoms with Gasteiger partial charge in [-0.3, -0.25) is 10.2 Å². The molecule has 2 aromatic carbocycles. The van der Waals surface area contributed by atoms with Gasteiger partial charge in [-0.25, -0.2) is 9.66 Å². The lowest BCUT2D eigenvalue weighted by molar-refractivity contribution is -0.116. The number of para-hydroxylation sites is 2. The molecule has 0 saturated carbocycles. The van der Waals surface area contributed by atoms with Gasteiger partial charge in [-0.05, 0) is 29.8 Å². The third-order valence-corrected chi connectivity index (χ3v) is 3.21. The molecule has 0 radical (unpaired) electrons. The number of hydrogen-bond donors (Lipinski definition) is 1. The van der Waals surface area contributed by atoms with E-state index >= 15 is 0 Å². The van der Waals surface area contributed by atoms with Gasteiger partial charge in [-0.1, -0.05) is 24.3 Å². The number of halogens is 2. The van der Waals surface area contributed by atoms with Crippen LogP contribution in [0.25, 0.3) is 11.0 Å². The summed E-state index contributed by atoms with van der Waals surface area (Å²) in [7, 11) is 0. The number of nitrogens with zero attached hydrogens (tertiary/aromatic N) is 2. The summed E-state index contributed by atoms with van der Waals surface area (Å²) in [6.45, 7) is -2.86. The number of alkyl halides is 2. The fourth-order valence-corrected chi connectivity index (χ4v) is 2.20. The molecule has 1 aromatic heterocycles. The maximum absolute atomic E-state index is 12.1. The highest BCUT2D eigenvalue weighted by atomic mass is 19.3. The summed E-state index contributed by atoms with van der Waals surface area (Å²) in [6, 6.07) is 13.4. The molecule has 118 valence electrons. The Morgan fingerprint density at radius 2 is 1.91 bits per heavy atom. The van der Waals surface area contributed by atoms with E-state index in [9.17, 15) is 13.6 Å². The van der Waals surface area contributed by atoms with E-state index in [0.29, 0.717) is 5.56 Å². The van der Waals surface area contributed by atoms with Gasteiger partial charge in [0.25, 0.3) is 0 Å². The van der Waals surface area contributed by atoms with Crippen LogP contribution >= 0.6 is 0 Å². The van der Waals surface area contributed by atoms with E-state index in [2.05, 4.69) is 15.1 Å². The van der Waals surface area contributed by atoms with Crippen molar-refractivity contribution in [1.82, 2.24) is 9.66 Å². The van der Waals surface area contributed by atoms with Crippen LogP contribution in [0.5, 0.6) is 5.75 Å². The SMILES string of the molecule is O=C(Cc1ccc(OC(F)F)cc1)Nn1cnc2ccccc21. The smallest absolute Gasteiger partial charge is 0.387 e. The Hall–Kier alpha value is -2.96. The number of imidazole rings is 1. The Morgan fingerprint density at radius 1 is 1.17 bits per heavy atom. The van der Waals surface area contributed by atoms with Crippen molar-refractivity contribution >= 4 is 16.9 Å². The van der Waals surface area contributed by atoms with Crippen LogP contribution in [0.15, 0.2) is 54.9 Å². The summed E-state index contributed by atoms with van der Waals surface area (Å²) in [5.74, 6) is -0.180. The second-order valence-corrected chi connectivity index (χ2v) is 4.84. The second-order valence-electron chi connectivity index (χ2n) is 4.84. The van der Waals surface area contributed by atoms with Gasteiger partial charge >= 0.3 is 6.61 Å². The fourth-order valence-electron chi connectivity index (χ4n) is 2.20. The molecule has 0 aliphatic carbocycles. The van der Waals surface area contributed by atoms with Crippen LogP contribution in [-0.4, -0.2) is 22.2 Å². The van der Waals surface area contributed by atoms with Crippen molar-refractivity contribution in [1.29, 1.82) is 0 Å². The highest BCUT2D eigenvalue weighted by molar-refractivity contribution is 5.88. The third kappa shape index (κ3) is 3.63. The van der Waals surface area contributed by atoms with Gasteiger partial charge in [0.2, 0.25) is 5.91 Å². The molecule has 0 saturated heterocycles. The molecule has 0 spiro atoms. The maximum Gasteiger partial charge on any atom is 0.387 e. The van der Waals surface area contributed by atoms with Gasteiger partial charge in [-0.15, -0.1) is 0 Å². The number of ether oxygens (including phenoxy) is 1. The summed E-state index contributed by atoms with van der Waals surface area (Å²) in [6.07, 6.45) is 1.64. The highest BCUT2D eigenvalue weighted by Gasteiger charge is 2.08. The zero-order valence-corrected chi connectivity index (χ0v) is 11.9. The van der Waals surface area contributed by atoms with E-state index in [1.807, 2.05) is 24.3 Å². The third-order valence-electron chi connectivity index (χ3n) is 3.21. The van der Waals surface area contributed by atoms with Crippen LogP contribution in [0.3, 0.4) is 0 Å². The first-order valence-corrected chi connectivity index (χ1v) is 6.87. The number of benzene rings is 2. The van der Waals surface area contributed by atoms with Gasteiger partial charge in [0, 0.05) is 0 Å². The second kappa shape index (κ2) is 6.43. The first-order chi connectivity index (χ1) is 11.1. The normalized spacial score (nSPS) is 10.9. The van der Waals surface area contributed by atoms with Gasteiger partial charge < -0.3 is 4.74 Å². The average Bonchev–Trinajstić information content (AvgIpc) is 2.92. The van der Waals surface area contributed by atoms with Crippen LogP contribution in [0, 0.1) is 0 Å². The Labute approximate surface area is 130 Å². The Balaban J connectivity index is 1.65. The van der Waals surface area contributed by atoms with Crippen molar-refractivity contribution in [2.45, 2.75) is 13.0 Å². The first kappa shape index (κ1) is 15.0. The lowest BCUT2D eigenvalue weighted by Gasteiger charge is -2.08. The molecule has 1 heterocycles. The van der Waals surface area contributed by atoms with Gasteiger partial charge in [-0.2, -0.15) is 8.78 Å². The Bertz CT molecular complexity index is 816. The predicted octanol–water partition coefficient (Wildman–Crippen LogP) is 2.95. The number of nitrogens with one attached hydrogen (secondary N) is 1. The molecule has 1 N–H and O–H groups in total. The van der Waals surface area contributed by atoms with E-state index in [0.717, 1.165) is 11.0 Å². The highest BCUT2D eigenvalue weighted by Crippen LogP contribution is 2.15. The summed E-state index contributed by atoms with van der Waals surface area (Å²) in [4.78, 5) is 16.3. The molecule has 0 atom stereocenters. The van der Waals surface area contributed by atoms with Gasteiger partial charge in [0.1, 0.15) is 12.1 Å². The molecular weight excluding hydrogens is 304 g/mol. The summed E-state index contributed by atoms with van der Waals surface area (Å²) in [5.41, 5.74) is 4.98. The monoisotopic (exact) mass is 317 g/mol. The lowest BCUT2D eigenvalue weighted by atomic mass is 10.1. The fraction of sp³-hybridized carbons (Fsp3) is 0.125. The molecule has 0 aliphatic rings. The number of rotatable bonds is 5. The Kier molecular flexibility index (Phi) is 4.18. The molecule has 0 aliphatic heterocycles. The summed E-state index contributed by atoms with van der Waals surface area (Å²) < 4.78 is 30.0. The molecule has 5 nitrogen and oxygen atoms in total. The molecular formula is C16H13F2N3O2. The van der Waals surface area contributed by atoms with Crippen LogP contribution in [-0.2, 0) is 11.2 Å².